The third-order valence-electron chi connectivity index (χ3n) is 4.31. The van der Waals surface area contributed by atoms with Crippen molar-refractivity contribution in [3.63, 3.8) is 0 Å². The molecule has 0 saturated heterocycles. The molecule has 0 radical (unpaired) electrons. The lowest BCUT2D eigenvalue weighted by Crippen LogP contribution is -2.15. The van der Waals surface area contributed by atoms with Crippen LogP contribution in [0.25, 0.3) is 0 Å². The van der Waals surface area contributed by atoms with E-state index < -0.39 is 0 Å². The highest BCUT2D eigenvalue weighted by Crippen LogP contribution is 2.32. The third-order valence-corrected chi connectivity index (χ3v) is 5.15. The number of hydrogen-bond acceptors (Lipinski definition) is 1. The van der Waals surface area contributed by atoms with Gasteiger partial charge in [-0.3, -0.25) is 0 Å². The summed E-state index contributed by atoms with van der Waals surface area (Å²) in [6.45, 7) is 0.868. The first kappa shape index (κ1) is 12.5. The Bertz CT molecular complexity index is 416. The van der Waals surface area contributed by atoms with Gasteiger partial charge in [-0.1, -0.05) is 40.9 Å². The molecule has 1 aliphatic carbocycles. The zero-order chi connectivity index (χ0) is 12.4. The van der Waals surface area contributed by atoms with Gasteiger partial charge in [0, 0.05) is 11.2 Å². The Kier molecular flexibility index (Phi) is 3.93. The number of halogens is 1. The number of fused-ring (bicyclic) bond motifs is 1. The maximum absolute atomic E-state index is 5.56. The summed E-state index contributed by atoms with van der Waals surface area (Å²) in [6.07, 6.45) is 9.24. The summed E-state index contributed by atoms with van der Waals surface area (Å²) in [4.78, 5) is 0.768. The fourth-order valence-electron chi connectivity index (χ4n) is 3.25. The lowest BCUT2D eigenvalue weighted by Gasteiger charge is -2.25. The van der Waals surface area contributed by atoms with Crippen molar-refractivity contribution >= 4 is 15.9 Å². The van der Waals surface area contributed by atoms with Crippen molar-refractivity contribution in [3.05, 3.63) is 29.3 Å². The van der Waals surface area contributed by atoms with Crippen LogP contribution < -0.4 is 4.74 Å². The Hall–Kier alpha value is -0.500. The van der Waals surface area contributed by atoms with E-state index in [4.69, 9.17) is 4.74 Å². The number of aryl methyl sites for hydroxylation is 1. The molecule has 1 nitrogen and oxygen atoms in total. The summed E-state index contributed by atoms with van der Waals surface area (Å²) in [5.41, 5.74) is 2.91. The molecule has 1 saturated carbocycles. The van der Waals surface area contributed by atoms with E-state index in [0.717, 1.165) is 29.5 Å². The first-order valence-corrected chi connectivity index (χ1v) is 8.11. The van der Waals surface area contributed by atoms with E-state index in [9.17, 15) is 0 Å². The molecule has 0 spiro atoms. The molecule has 2 heteroatoms. The van der Waals surface area contributed by atoms with Gasteiger partial charge < -0.3 is 4.74 Å². The molecule has 98 valence electrons. The fraction of sp³-hybridized carbons (Fsp3) is 0.625. The van der Waals surface area contributed by atoms with E-state index >= 15 is 0 Å². The summed E-state index contributed by atoms with van der Waals surface area (Å²) in [5.74, 6) is 2.03. The minimum atomic E-state index is 0.768. The lowest BCUT2D eigenvalue weighted by atomic mass is 9.85. The summed E-state index contributed by atoms with van der Waals surface area (Å²) >= 11 is 3.78. The average molecular weight is 309 g/mol. The smallest absolute Gasteiger partial charge is 0.122 e. The molecule has 0 bridgehead atoms. The maximum atomic E-state index is 5.56. The molecule has 2 unspecified atom stereocenters. The zero-order valence-corrected chi connectivity index (χ0v) is 12.4. The van der Waals surface area contributed by atoms with Crippen LogP contribution in [0.2, 0.25) is 0 Å². The molecule has 2 atom stereocenters. The van der Waals surface area contributed by atoms with Gasteiger partial charge in [0.1, 0.15) is 5.75 Å². The van der Waals surface area contributed by atoms with Crippen LogP contribution in [0.4, 0.5) is 0 Å². The molecular weight excluding hydrogens is 288 g/mol. The van der Waals surface area contributed by atoms with E-state index in [1.54, 1.807) is 0 Å². The van der Waals surface area contributed by atoms with Crippen molar-refractivity contribution in [2.45, 2.75) is 49.8 Å². The molecule has 0 amide bonds. The van der Waals surface area contributed by atoms with Gasteiger partial charge in [0.15, 0.2) is 0 Å². The van der Waals surface area contributed by atoms with Gasteiger partial charge in [0.2, 0.25) is 0 Å². The minimum Gasteiger partial charge on any atom is -0.493 e. The van der Waals surface area contributed by atoms with Crippen molar-refractivity contribution in [1.82, 2.24) is 0 Å². The summed E-state index contributed by atoms with van der Waals surface area (Å²) in [5, 5.41) is 0. The number of rotatable bonds is 3. The van der Waals surface area contributed by atoms with Crippen LogP contribution in [0.1, 0.15) is 43.2 Å². The molecule has 1 heterocycles. The second-order valence-electron chi connectivity index (χ2n) is 5.71. The van der Waals surface area contributed by atoms with Gasteiger partial charge in [-0.05, 0) is 48.8 Å². The van der Waals surface area contributed by atoms with Gasteiger partial charge in [-0.15, -0.1) is 0 Å². The molecule has 1 aromatic rings. The average Bonchev–Trinajstić information content (AvgIpc) is 2.84. The Morgan fingerprint density at radius 3 is 3.11 bits per heavy atom. The van der Waals surface area contributed by atoms with E-state index in [1.165, 1.54) is 49.7 Å². The number of alkyl halides is 1. The van der Waals surface area contributed by atoms with Crippen molar-refractivity contribution in [2.24, 2.45) is 5.92 Å². The summed E-state index contributed by atoms with van der Waals surface area (Å²) < 4.78 is 5.56. The first-order valence-electron chi connectivity index (χ1n) is 7.20. The predicted octanol–water partition coefficient (Wildman–Crippen LogP) is 4.51. The number of ether oxygens (including phenoxy) is 1. The van der Waals surface area contributed by atoms with Crippen molar-refractivity contribution in [3.8, 4) is 5.75 Å². The van der Waals surface area contributed by atoms with Gasteiger partial charge in [-0.2, -0.15) is 0 Å². The van der Waals surface area contributed by atoms with Crippen LogP contribution in [0.15, 0.2) is 18.2 Å². The molecule has 2 aliphatic rings. The van der Waals surface area contributed by atoms with Crippen LogP contribution in [0.3, 0.4) is 0 Å². The van der Waals surface area contributed by atoms with Gasteiger partial charge in [-0.25, -0.2) is 0 Å². The van der Waals surface area contributed by atoms with E-state index in [-0.39, 0.29) is 0 Å². The van der Waals surface area contributed by atoms with E-state index in [0.29, 0.717) is 0 Å². The second kappa shape index (κ2) is 5.64. The van der Waals surface area contributed by atoms with Crippen molar-refractivity contribution in [1.29, 1.82) is 0 Å². The molecular formula is C16H21BrO. The monoisotopic (exact) mass is 308 g/mol. The predicted molar refractivity (Wildman–Crippen MR) is 78.6 cm³/mol. The SMILES string of the molecule is BrC1CCCC(CCc2ccc3c(c2)CCO3)C1. The quantitative estimate of drug-likeness (QED) is 0.747. The third kappa shape index (κ3) is 2.90. The molecule has 1 aliphatic heterocycles. The van der Waals surface area contributed by atoms with Gasteiger partial charge in [0.05, 0.1) is 6.61 Å². The molecule has 1 aromatic carbocycles. The van der Waals surface area contributed by atoms with Crippen LogP contribution in [0.5, 0.6) is 5.75 Å². The second-order valence-corrected chi connectivity index (χ2v) is 7.00. The van der Waals surface area contributed by atoms with Crippen molar-refractivity contribution in [2.75, 3.05) is 6.61 Å². The van der Waals surface area contributed by atoms with Crippen LogP contribution in [-0.2, 0) is 12.8 Å². The Balaban J connectivity index is 1.56. The fourth-order valence-corrected chi connectivity index (χ4v) is 4.11. The highest BCUT2D eigenvalue weighted by atomic mass is 79.9. The first-order chi connectivity index (χ1) is 8.81. The van der Waals surface area contributed by atoms with Crippen LogP contribution in [-0.4, -0.2) is 11.4 Å². The maximum Gasteiger partial charge on any atom is 0.122 e. The molecule has 1 fully saturated rings. The standard InChI is InChI=1S/C16H21BrO/c17-15-3-1-2-12(11-15)4-5-13-6-7-16-14(10-13)8-9-18-16/h6-7,10,12,15H,1-5,8-9,11H2. The molecule has 0 aromatic heterocycles. The van der Waals surface area contributed by atoms with E-state index in [1.807, 2.05) is 0 Å². The highest BCUT2D eigenvalue weighted by Gasteiger charge is 2.20. The van der Waals surface area contributed by atoms with Gasteiger partial charge in [0.25, 0.3) is 0 Å². The number of hydrogen-bond donors (Lipinski definition) is 0. The molecule has 18 heavy (non-hydrogen) atoms. The van der Waals surface area contributed by atoms with E-state index in [2.05, 4.69) is 34.1 Å². The topological polar surface area (TPSA) is 9.23 Å². The molecule has 3 rings (SSSR count). The van der Waals surface area contributed by atoms with Crippen LogP contribution >= 0.6 is 15.9 Å². The summed E-state index contributed by atoms with van der Waals surface area (Å²) in [7, 11) is 0. The zero-order valence-electron chi connectivity index (χ0n) is 10.8. The molecule has 0 N–H and O–H groups in total. The Morgan fingerprint density at radius 1 is 1.28 bits per heavy atom. The highest BCUT2D eigenvalue weighted by molar-refractivity contribution is 9.09. The minimum absolute atomic E-state index is 0.768. The lowest BCUT2D eigenvalue weighted by molar-refractivity contribution is 0.349. The normalized spacial score (nSPS) is 26.7. The Labute approximate surface area is 118 Å². The largest absolute Gasteiger partial charge is 0.493 e. The summed E-state index contributed by atoms with van der Waals surface area (Å²) in [6, 6.07) is 6.77. The number of benzene rings is 1. The van der Waals surface area contributed by atoms with Crippen molar-refractivity contribution < 1.29 is 4.74 Å². The van der Waals surface area contributed by atoms with Gasteiger partial charge >= 0.3 is 0 Å². The van der Waals surface area contributed by atoms with Crippen LogP contribution in [0, 0.1) is 5.92 Å². The Morgan fingerprint density at radius 2 is 2.22 bits per heavy atom.